The first kappa shape index (κ1) is 17.3. The second kappa shape index (κ2) is 7.17. The number of ether oxygens (including phenoxy) is 2. The van der Waals surface area contributed by atoms with Gasteiger partial charge in [0.15, 0.2) is 11.6 Å². The van der Waals surface area contributed by atoms with Crippen molar-refractivity contribution in [2.45, 2.75) is 39.0 Å². The number of oxazole rings is 1. The van der Waals surface area contributed by atoms with Crippen molar-refractivity contribution in [3.8, 4) is 11.5 Å². The second-order valence-electron chi connectivity index (χ2n) is 6.17. The second-order valence-corrected chi connectivity index (χ2v) is 6.17. The summed E-state index contributed by atoms with van der Waals surface area (Å²) in [5.41, 5.74) is 1.02. The molecule has 6 nitrogen and oxygen atoms in total. The molecule has 0 atom stereocenters. The monoisotopic (exact) mass is 344 g/mol. The normalized spacial score (nSPS) is 14.1. The lowest BCUT2D eigenvalue weighted by Crippen LogP contribution is -2.31. The average Bonchev–Trinajstić information content (AvgIpc) is 2.94. The molecule has 1 aromatic heterocycles. The number of anilines is 1. The van der Waals surface area contributed by atoms with Crippen molar-refractivity contribution < 1.29 is 18.7 Å². The summed E-state index contributed by atoms with van der Waals surface area (Å²) in [6.07, 6.45) is 3.35. The molecule has 25 heavy (non-hydrogen) atoms. The Balaban J connectivity index is 1.95. The Kier molecular flexibility index (Phi) is 4.97. The number of carbonyl (C=O) groups excluding carboxylic acids is 1. The fourth-order valence-electron chi connectivity index (χ4n) is 3.00. The molecule has 2 aromatic rings. The summed E-state index contributed by atoms with van der Waals surface area (Å²) in [4.78, 5) is 19.2. The van der Waals surface area contributed by atoms with Crippen LogP contribution in [0.3, 0.4) is 0 Å². The van der Waals surface area contributed by atoms with Gasteiger partial charge in [0.1, 0.15) is 17.3 Å². The minimum Gasteiger partial charge on any atom is -0.497 e. The van der Waals surface area contributed by atoms with Gasteiger partial charge < -0.3 is 18.8 Å². The minimum absolute atomic E-state index is 0.194. The van der Waals surface area contributed by atoms with Crippen molar-refractivity contribution in [2.24, 2.45) is 0 Å². The highest BCUT2D eigenvalue weighted by atomic mass is 16.5. The van der Waals surface area contributed by atoms with E-state index in [-0.39, 0.29) is 5.91 Å². The van der Waals surface area contributed by atoms with E-state index in [4.69, 9.17) is 13.9 Å². The number of aryl methyl sites for hydroxylation is 1. The van der Waals surface area contributed by atoms with Crippen LogP contribution in [-0.4, -0.2) is 31.7 Å². The van der Waals surface area contributed by atoms with Crippen molar-refractivity contribution in [1.29, 1.82) is 0 Å². The lowest BCUT2D eigenvalue weighted by Gasteiger charge is -2.23. The third-order valence-corrected chi connectivity index (χ3v) is 4.71. The molecule has 6 heteroatoms. The van der Waals surface area contributed by atoms with Gasteiger partial charge in [0.25, 0.3) is 5.91 Å². The van der Waals surface area contributed by atoms with Crippen molar-refractivity contribution in [1.82, 2.24) is 4.98 Å². The van der Waals surface area contributed by atoms with E-state index in [1.807, 2.05) is 6.92 Å². The predicted molar refractivity (Wildman–Crippen MR) is 94.7 cm³/mol. The molecule has 0 saturated heterocycles. The minimum atomic E-state index is -0.194. The highest BCUT2D eigenvalue weighted by molar-refractivity contribution is 6.06. The third-order valence-electron chi connectivity index (χ3n) is 4.71. The number of amides is 1. The molecule has 1 aliphatic carbocycles. The number of rotatable bonds is 6. The molecule has 1 amide bonds. The summed E-state index contributed by atoms with van der Waals surface area (Å²) in [6.45, 7) is 4.19. The number of hydrogen-bond acceptors (Lipinski definition) is 5. The van der Waals surface area contributed by atoms with Crippen molar-refractivity contribution in [3.05, 3.63) is 35.5 Å². The van der Waals surface area contributed by atoms with Gasteiger partial charge in [0.05, 0.1) is 19.9 Å². The van der Waals surface area contributed by atoms with Crippen LogP contribution in [0.2, 0.25) is 0 Å². The summed E-state index contributed by atoms with van der Waals surface area (Å²) in [5.74, 6) is 2.67. The highest BCUT2D eigenvalue weighted by Gasteiger charge is 2.30. The van der Waals surface area contributed by atoms with Crippen LogP contribution in [0.1, 0.15) is 54.2 Å². The van der Waals surface area contributed by atoms with Gasteiger partial charge in [-0.25, -0.2) is 4.98 Å². The molecule has 0 radical (unpaired) electrons. The standard InChI is InChI=1S/C19H24N2O4/c1-5-21(15-11-14(23-3)9-10-16(15)24-4)19(22)17-12(2)25-18(20-17)13-7-6-8-13/h9-11,13H,5-8H2,1-4H3. The Labute approximate surface area is 147 Å². The fraction of sp³-hybridized carbons (Fsp3) is 0.474. The number of nitrogens with zero attached hydrogens (tertiary/aromatic N) is 2. The third kappa shape index (κ3) is 3.21. The zero-order valence-corrected chi connectivity index (χ0v) is 15.2. The van der Waals surface area contributed by atoms with E-state index in [0.29, 0.717) is 47.0 Å². The molecule has 0 bridgehead atoms. The number of aromatic nitrogens is 1. The molecule has 1 fully saturated rings. The SMILES string of the molecule is CCN(C(=O)c1nc(C2CCC2)oc1C)c1cc(OC)ccc1OC. The summed E-state index contributed by atoms with van der Waals surface area (Å²) in [7, 11) is 3.18. The molecule has 0 N–H and O–H groups in total. The van der Waals surface area contributed by atoms with Crippen molar-refractivity contribution >= 4 is 11.6 Å². The number of hydrogen-bond donors (Lipinski definition) is 0. The van der Waals surface area contributed by atoms with Crippen LogP contribution in [0.25, 0.3) is 0 Å². The maximum Gasteiger partial charge on any atom is 0.280 e. The Morgan fingerprint density at radius 1 is 1.32 bits per heavy atom. The van der Waals surface area contributed by atoms with Crippen LogP contribution in [0.15, 0.2) is 22.6 Å². The van der Waals surface area contributed by atoms with Gasteiger partial charge in [-0.1, -0.05) is 6.42 Å². The van der Waals surface area contributed by atoms with Crippen LogP contribution in [0.5, 0.6) is 11.5 Å². The van der Waals surface area contributed by atoms with E-state index in [9.17, 15) is 4.79 Å². The molecule has 1 heterocycles. The van der Waals surface area contributed by atoms with Crippen molar-refractivity contribution in [2.75, 3.05) is 25.7 Å². The Morgan fingerprint density at radius 2 is 2.08 bits per heavy atom. The van der Waals surface area contributed by atoms with Gasteiger partial charge in [0.2, 0.25) is 0 Å². The largest absolute Gasteiger partial charge is 0.497 e. The number of benzene rings is 1. The molecule has 0 aliphatic heterocycles. The lowest BCUT2D eigenvalue weighted by atomic mass is 9.85. The summed E-state index contributed by atoms with van der Waals surface area (Å²) >= 11 is 0. The van der Waals surface area contributed by atoms with Gasteiger partial charge in [-0.05, 0) is 38.8 Å². The fourth-order valence-corrected chi connectivity index (χ4v) is 3.00. The van der Waals surface area contributed by atoms with E-state index in [0.717, 1.165) is 12.8 Å². The zero-order chi connectivity index (χ0) is 18.0. The van der Waals surface area contributed by atoms with Gasteiger partial charge in [-0.2, -0.15) is 0 Å². The van der Waals surface area contributed by atoms with E-state index >= 15 is 0 Å². The van der Waals surface area contributed by atoms with E-state index in [1.165, 1.54) is 6.42 Å². The molecule has 134 valence electrons. The molecule has 0 unspecified atom stereocenters. The van der Waals surface area contributed by atoms with Crippen LogP contribution < -0.4 is 14.4 Å². The maximum absolute atomic E-state index is 13.1. The number of methoxy groups -OCH3 is 2. The van der Waals surface area contributed by atoms with Crippen molar-refractivity contribution in [3.63, 3.8) is 0 Å². The average molecular weight is 344 g/mol. The highest BCUT2D eigenvalue weighted by Crippen LogP contribution is 2.37. The van der Waals surface area contributed by atoms with Crippen LogP contribution in [0, 0.1) is 6.92 Å². The van der Waals surface area contributed by atoms with Gasteiger partial charge >= 0.3 is 0 Å². The van der Waals surface area contributed by atoms with E-state index in [2.05, 4.69) is 4.98 Å². The van der Waals surface area contributed by atoms with Crippen LogP contribution in [-0.2, 0) is 0 Å². The first-order valence-electron chi connectivity index (χ1n) is 8.60. The lowest BCUT2D eigenvalue weighted by molar-refractivity contribution is 0.0982. The Morgan fingerprint density at radius 3 is 2.64 bits per heavy atom. The topological polar surface area (TPSA) is 64.8 Å². The molecular weight excluding hydrogens is 320 g/mol. The molecule has 1 aromatic carbocycles. The summed E-state index contributed by atoms with van der Waals surface area (Å²) in [5, 5.41) is 0. The van der Waals surface area contributed by atoms with E-state index < -0.39 is 0 Å². The van der Waals surface area contributed by atoms with Gasteiger partial charge in [0, 0.05) is 18.5 Å². The van der Waals surface area contributed by atoms with Gasteiger partial charge in [-0.15, -0.1) is 0 Å². The molecule has 1 aliphatic rings. The molecule has 3 rings (SSSR count). The smallest absolute Gasteiger partial charge is 0.280 e. The summed E-state index contributed by atoms with van der Waals surface area (Å²) in [6, 6.07) is 5.39. The maximum atomic E-state index is 13.1. The number of carbonyl (C=O) groups is 1. The quantitative estimate of drug-likeness (QED) is 0.794. The summed E-state index contributed by atoms with van der Waals surface area (Å²) < 4.78 is 16.5. The molecule has 0 spiro atoms. The Bertz CT molecular complexity index is 765. The van der Waals surface area contributed by atoms with Crippen LogP contribution >= 0.6 is 0 Å². The molecule has 1 saturated carbocycles. The van der Waals surface area contributed by atoms with Gasteiger partial charge in [-0.3, -0.25) is 4.79 Å². The predicted octanol–water partition coefficient (Wildman–Crippen LogP) is 3.93. The Hall–Kier alpha value is -2.50. The first-order valence-corrected chi connectivity index (χ1v) is 8.60. The van der Waals surface area contributed by atoms with E-state index in [1.54, 1.807) is 44.2 Å². The zero-order valence-electron chi connectivity index (χ0n) is 15.2. The molecular formula is C19H24N2O4. The first-order chi connectivity index (χ1) is 12.1. The van der Waals surface area contributed by atoms with Crippen LogP contribution in [0.4, 0.5) is 5.69 Å².